The Hall–Kier alpha value is -2.63. The average Bonchev–Trinajstić information content (AvgIpc) is 2.80. The van der Waals surface area contributed by atoms with Crippen molar-refractivity contribution in [1.29, 1.82) is 0 Å². The van der Waals surface area contributed by atoms with Crippen molar-refractivity contribution < 1.29 is 24.3 Å². The van der Waals surface area contributed by atoms with Crippen molar-refractivity contribution in [2.75, 3.05) is 12.3 Å². The highest BCUT2D eigenvalue weighted by Gasteiger charge is 2.31. The van der Waals surface area contributed by atoms with Crippen molar-refractivity contribution in [3.63, 3.8) is 0 Å². The van der Waals surface area contributed by atoms with Crippen molar-refractivity contribution in [2.45, 2.75) is 63.7 Å². The monoisotopic (exact) mass is 495 g/mol. The maximum Gasteiger partial charge on any atom is 0.327 e. The first kappa shape index (κ1) is 29.4. The maximum absolute atomic E-state index is 13.2. The van der Waals surface area contributed by atoms with E-state index in [2.05, 4.69) is 28.6 Å². The first-order valence-corrected chi connectivity index (χ1v) is 12.0. The molecule has 0 bridgehead atoms. The molecule has 0 spiro atoms. The van der Waals surface area contributed by atoms with Gasteiger partial charge in [-0.25, -0.2) is 4.79 Å². The number of amides is 3. The van der Waals surface area contributed by atoms with E-state index in [1.54, 1.807) is 13.8 Å². The number of nitrogens with two attached hydrogens (primary N) is 2. The third kappa shape index (κ3) is 10.1. The number of carbonyl (C=O) groups excluding carboxylic acids is 3. The van der Waals surface area contributed by atoms with Crippen molar-refractivity contribution in [2.24, 2.45) is 17.4 Å². The van der Waals surface area contributed by atoms with E-state index in [1.807, 2.05) is 30.3 Å². The minimum absolute atomic E-state index is 0.103. The van der Waals surface area contributed by atoms with Crippen LogP contribution in [0.1, 0.15) is 38.7 Å². The van der Waals surface area contributed by atoms with Gasteiger partial charge in [0.05, 0.1) is 6.04 Å². The Kier molecular flexibility index (Phi) is 13.2. The van der Waals surface area contributed by atoms with Crippen LogP contribution in [0.2, 0.25) is 0 Å². The number of carbonyl (C=O) groups is 4. The van der Waals surface area contributed by atoms with Crippen LogP contribution in [0.15, 0.2) is 30.3 Å². The maximum atomic E-state index is 13.2. The fraction of sp³-hybridized carbons (Fsp3) is 0.565. The molecule has 0 aliphatic carbocycles. The second-order valence-corrected chi connectivity index (χ2v) is 8.82. The lowest BCUT2D eigenvalue weighted by atomic mass is 10.00. The summed E-state index contributed by atoms with van der Waals surface area (Å²) in [4.78, 5) is 49.8. The normalized spacial score (nSPS) is 14.5. The van der Waals surface area contributed by atoms with Crippen LogP contribution in [0.4, 0.5) is 0 Å². The van der Waals surface area contributed by atoms with E-state index in [-0.39, 0.29) is 18.1 Å². The zero-order valence-corrected chi connectivity index (χ0v) is 20.6. The fourth-order valence-electron chi connectivity index (χ4n) is 3.21. The molecule has 0 saturated carbocycles. The molecule has 1 aromatic rings. The van der Waals surface area contributed by atoms with Crippen LogP contribution < -0.4 is 27.4 Å². The molecule has 34 heavy (non-hydrogen) atoms. The third-order valence-corrected chi connectivity index (χ3v) is 5.63. The average molecular weight is 496 g/mol. The number of rotatable bonds is 15. The minimum atomic E-state index is -1.23. The fourth-order valence-corrected chi connectivity index (χ4v) is 3.46. The Labute approximate surface area is 206 Å². The largest absolute Gasteiger partial charge is 0.480 e. The van der Waals surface area contributed by atoms with E-state index in [0.717, 1.165) is 12.0 Å². The highest BCUT2D eigenvalue weighted by atomic mass is 32.1. The number of nitrogens with one attached hydrogen (secondary N) is 3. The van der Waals surface area contributed by atoms with Crippen LogP contribution in [0.3, 0.4) is 0 Å². The van der Waals surface area contributed by atoms with Gasteiger partial charge in [-0.15, -0.1) is 0 Å². The Morgan fingerprint density at radius 3 is 2.09 bits per heavy atom. The summed E-state index contributed by atoms with van der Waals surface area (Å²) < 4.78 is 0. The summed E-state index contributed by atoms with van der Waals surface area (Å²) in [5.41, 5.74) is 12.3. The van der Waals surface area contributed by atoms with E-state index < -0.39 is 47.9 Å². The van der Waals surface area contributed by atoms with Gasteiger partial charge in [-0.1, -0.05) is 50.6 Å². The molecule has 0 radical (unpaired) electrons. The van der Waals surface area contributed by atoms with Crippen LogP contribution in [0.25, 0.3) is 0 Å². The third-order valence-electron chi connectivity index (χ3n) is 5.27. The number of carboxylic acid groups (broad SMARTS) is 1. The Balaban J connectivity index is 3.00. The van der Waals surface area contributed by atoms with E-state index in [1.165, 1.54) is 0 Å². The molecule has 4 atom stereocenters. The van der Waals surface area contributed by atoms with Crippen LogP contribution in [0, 0.1) is 5.92 Å². The topological polar surface area (TPSA) is 177 Å². The van der Waals surface area contributed by atoms with Crippen molar-refractivity contribution in [3.05, 3.63) is 35.9 Å². The highest BCUT2D eigenvalue weighted by molar-refractivity contribution is 7.80. The lowest BCUT2D eigenvalue weighted by Crippen LogP contribution is -2.59. The molecule has 0 fully saturated rings. The molecule has 4 unspecified atom stereocenters. The van der Waals surface area contributed by atoms with Crippen LogP contribution >= 0.6 is 12.6 Å². The molecule has 0 heterocycles. The lowest BCUT2D eigenvalue weighted by Gasteiger charge is -2.27. The van der Waals surface area contributed by atoms with Crippen molar-refractivity contribution in [3.8, 4) is 0 Å². The number of aliphatic carboxylic acids is 1. The van der Waals surface area contributed by atoms with Gasteiger partial charge in [0.15, 0.2) is 0 Å². The van der Waals surface area contributed by atoms with Crippen LogP contribution in [0.5, 0.6) is 0 Å². The van der Waals surface area contributed by atoms with Gasteiger partial charge in [0.2, 0.25) is 17.7 Å². The highest BCUT2D eigenvalue weighted by Crippen LogP contribution is 2.08. The van der Waals surface area contributed by atoms with Gasteiger partial charge in [-0.3, -0.25) is 14.4 Å². The molecule has 0 aliphatic heterocycles. The molecular formula is C23H37N5O5S. The minimum Gasteiger partial charge on any atom is -0.480 e. The Morgan fingerprint density at radius 1 is 0.941 bits per heavy atom. The molecule has 11 heteroatoms. The predicted molar refractivity (Wildman–Crippen MR) is 133 cm³/mol. The van der Waals surface area contributed by atoms with Gasteiger partial charge in [-0.05, 0) is 30.9 Å². The molecular weight excluding hydrogens is 458 g/mol. The zero-order valence-electron chi connectivity index (χ0n) is 19.7. The van der Waals surface area contributed by atoms with Gasteiger partial charge >= 0.3 is 5.97 Å². The second-order valence-electron chi connectivity index (χ2n) is 8.45. The molecule has 1 rings (SSSR count). The summed E-state index contributed by atoms with van der Waals surface area (Å²) in [5, 5.41) is 16.9. The Morgan fingerprint density at radius 2 is 1.56 bits per heavy atom. The van der Waals surface area contributed by atoms with E-state index in [4.69, 9.17) is 11.5 Å². The first-order chi connectivity index (χ1) is 16.1. The first-order valence-electron chi connectivity index (χ1n) is 11.3. The number of hydrogen-bond acceptors (Lipinski definition) is 7. The molecule has 3 amide bonds. The molecule has 190 valence electrons. The van der Waals surface area contributed by atoms with Gasteiger partial charge in [0.1, 0.15) is 18.1 Å². The number of thiol groups is 1. The van der Waals surface area contributed by atoms with E-state index in [0.29, 0.717) is 19.4 Å². The van der Waals surface area contributed by atoms with Crippen molar-refractivity contribution in [1.82, 2.24) is 16.0 Å². The van der Waals surface area contributed by atoms with Crippen LogP contribution in [-0.4, -0.2) is 65.3 Å². The Bertz CT molecular complexity index is 808. The molecule has 8 N–H and O–H groups in total. The number of unbranched alkanes of at least 4 members (excludes halogenated alkanes) is 1. The summed E-state index contributed by atoms with van der Waals surface area (Å²) in [7, 11) is 0. The lowest BCUT2D eigenvalue weighted by molar-refractivity contribution is -0.142. The molecule has 10 nitrogen and oxygen atoms in total. The van der Waals surface area contributed by atoms with Gasteiger partial charge in [-0.2, -0.15) is 12.6 Å². The van der Waals surface area contributed by atoms with Gasteiger partial charge in [0.25, 0.3) is 0 Å². The number of benzene rings is 1. The smallest absolute Gasteiger partial charge is 0.327 e. The van der Waals surface area contributed by atoms with Gasteiger partial charge < -0.3 is 32.5 Å². The predicted octanol–water partition coefficient (Wildman–Crippen LogP) is -0.190. The van der Waals surface area contributed by atoms with Gasteiger partial charge in [0, 0.05) is 12.2 Å². The number of carboxylic acids is 1. The van der Waals surface area contributed by atoms with E-state index in [9.17, 15) is 24.3 Å². The standard InChI is InChI=1S/C23H37N5O5S/c1-14(2)19(22(31)27-18(13-34)23(32)33)28-21(30)17(12-15-8-4-3-5-9-15)26-20(29)16(25)10-6-7-11-24/h3-5,8-9,14,16-19,34H,6-7,10-13,24-25H2,1-2H3,(H,26,29)(H,27,31)(H,28,30)(H,32,33). The van der Waals surface area contributed by atoms with Crippen LogP contribution in [-0.2, 0) is 25.6 Å². The zero-order chi connectivity index (χ0) is 25.7. The van der Waals surface area contributed by atoms with E-state index >= 15 is 0 Å². The molecule has 1 aromatic carbocycles. The number of hydrogen-bond donors (Lipinski definition) is 7. The summed E-state index contributed by atoms with van der Waals surface area (Å²) in [6, 6.07) is 5.14. The summed E-state index contributed by atoms with van der Waals surface area (Å²) in [6.45, 7) is 3.94. The SMILES string of the molecule is CC(C)C(NC(=O)C(Cc1ccccc1)NC(=O)C(N)CCCCN)C(=O)NC(CS)C(=O)O. The second kappa shape index (κ2) is 15.3. The summed E-state index contributed by atoms with van der Waals surface area (Å²) >= 11 is 3.95. The quantitative estimate of drug-likeness (QED) is 0.130. The summed E-state index contributed by atoms with van der Waals surface area (Å²) in [6.07, 6.45) is 2.05. The molecule has 0 saturated heterocycles. The van der Waals surface area contributed by atoms with Crippen molar-refractivity contribution >= 4 is 36.3 Å². The molecule has 0 aromatic heterocycles. The molecule has 0 aliphatic rings. The summed E-state index contributed by atoms with van der Waals surface area (Å²) in [5.74, 6) is -3.36.